The van der Waals surface area contributed by atoms with Crippen molar-refractivity contribution in [1.82, 2.24) is 20.2 Å². The summed E-state index contributed by atoms with van der Waals surface area (Å²) in [7, 11) is 0. The van der Waals surface area contributed by atoms with Crippen molar-refractivity contribution >= 4 is 17.5 Å². The second kappa shape index (κ2) is 6.40. The summed E-state index contributed by atoms with van der Waals surface area (Å²) in [4.78, 5) is 35.4. The number of anilines is 1. The van der Waals surface area contributed by atoms with Crippen molar-refractivity contribution in [1.29, 1.82) is 0 Å². The van der Waals surface area contributed by atoms with Crippen LogP contribution in [0.5, 0.6) is 0 Å². The fourth-order valence-corrected chi connectivity index (χ4v) is 2.25. The van der Waals surface area contributed by atoms with Gasteiger partial charge in [0.15, 0.2) is 0 Å². The second-order valence-electron chi connectivity index (χ2n) is 5.32. The molecule has 0 aliphatic rings. The summed E-state index contributed by atoms with van der Waals surface area (Å²) in [6, 6.07) is 11.1. The maximum atomic E-state index is 12.5. The molecule has 0 spiro atoms. The van der Waals surface area contributed by atoms with Crippen LogP contribution in [0.4, 0.5) is 5.69 Å². The number of aromatic nitrogens is 4. The number of nitrogens with zero attached hydrogens (tertiary/aromatic N) is 3. The van der Waals surface area contributed by atoms with Gasteiger partial charge in [-0.25, -0.2) is 9.89 Å². The molecule has 0 saturated carbocycles. The Morgan fingerprint density at radius 3 is 2.64 bits per heavy atom. The minimum atomic E-state index is -0.581. The van der Waals surface area contributed by atoms with Gasteiger partial charge in [-0.1, -0.05) is 12.1 Å². The van der Waals surface area contributed by atoms with E-state index in [1.54, 1.807) is 37.3 Å². The normalized spacial score (nSPS) is 10.4. The monoisotopic (exact) mass is 338 g/mol. The zero-order chi connectivity index (χ0) is 18.0. The van der Waals surface area contributed by atoms with Crippen LogP contribution in [0.25, 0.3) is 5.69 Å². The van der Waals surface area contributed by atoms with Crippen LogP contribution < -0.4 is 16.7 Å². The van der Waals surface area contributed by atoms with Crippen molar-refractivity contribution in [3.8, 4) is 5.69 Å². The number of hydrogen-bond acceptors (Lipinski definition) is 5. The lowest BCUT2D eigenvalue weighted by atomic mass is 10.1. The number of aryl methyl sites for hydroxylation is 1. The van der Waals surface area contributed by atoms with E-state index in [4.69, 9.17) is 5.73 Å². The van der Waals surface area contributed by atoms with Crippen LogP contribution in [0.2, 0.25) is 0 Å². The van der Waals surface area contributed by atoms with Crippen LogP contribution >= 0.6 is 0 Å². The standard InChI is InChI=1S/C16H14N6O3/c1-9-5-6-10(14(17)23)8-13(9)18-15(24)11-3-2-4-12(7-11)22-16(25)19-20-21-22/h2-8H,1H3,(H2,17,23)(H,18,24)(H,19,21,25). The molecule has 0 aliphatic heterocycles. The minimum absolute atomic E-state index is 0.295. The van der Waals surface area contributed by atoms with E-state index in [1.165, 1.54) is 12.1 Å². The molecule has 1 aromatic heterocycles. The Bertz CT molecular complexity index is 1020. The van der Waals surface area contributed by atoms with E-state index in [9.17, 15) is 14.4 Å². The summed E-state index contributed by atoms with van der Waals surface area (Å²) in [5, 5.41) is 12.0. The summed E-state index contributed by atoms with van der Waals surface area (Å²) in [5.74, 6) is -0.981. The van der Waals surface area contributed by atoms with E-state index in [0.717, 1.165) is 10.2 Å². The van der Waals surface area contributed by atoms with Crippen molar-refractivity contribution in [2.24, 2.45) is 5.73 Å². The van der Waals surface area contributed by atoms with Crippen molar-refractivity contribution in [3.05, 3.63) is 69.6 Å². The minimum Gasteiger partial charge on any atom is -0.366 e. The molecule has 9 heteroatoms. The molecule has 0 saturated heterocycles. The number of tetrazole rings is 1. The third-order valence-electron chi connectivity index (χ3n) is 3.60. The Labute approximate surface area is 141 Å². The van der Waals surface area contributed by atoms with E-state index in [-0.39, 0.29) is 0 Å². The van der Waals surface area contributed by atoms with Gasteiger partial charge in [-0.15, -0.1) is 0 Å². The quantitative estimate of drug-likeness (QED) is 0.640. The molecular formula is C16H14N6O3. The third-order valence-corrected chi connectivity index (χ3v) is 3.60. The summed E-state index contributed by atoms with van der Waals surface area (Å²) in [6.45, 7) is 1.80. The van der Waals surface area contributed by atoms with Gasteiger partial charge in [0, 0.05) is 16.8 Å². The Hall–Kier alpha value is -3.75. The van der Waals surface area contributed by atoms with Gasteiger partial charge in [0.25, 0.3) is 5.91 Å². The van der Waals surface area contributed by atoms with Gasteiger partial charge in [0.2, 0.25) is 5.91 Å². The van der Waals surface area contributed by atoms with Crippen molar-refractivity contribution in [2.75, 3.05) is 5.32 Å². The second-order valence-corrected chi connectivity index (χ2v) is 5.32. The Kier molecular flexibility index (Phi) is 4.12. The first kappa shape index (κ1) is 16.1. The molecular weight excluding hydrogens is 324 g/mol. The topological polar surface area (TPSA) is 136 Å². The average Bonchev–Trinajstić information content (AvgIpc) is 3.02. The molecule has 4 N–H and O–H groups in total. The molecule has 3 aromatic rings. The van der Waals surface area contributed by atoms with Crippen LogP contribution in [-0.2, 0) is 0 Å². The smallest absolute Gasteiger partial charge is 0.365 e. The molecule has 2 amide bonds. The highest BCUT2D eigenvalue weighted by Crippen LogP contribution is 2.18. The SMILES string of the molecule is Cc1ccc(C(N)=O)cc1NC(=O)c1cccc(-n2nn[nH]c2=O)c1. The molecule has 0 bridgehead atoms. The number of H-pyrrole nitrogens is 1. The largest absolute Gasteiger partial charge is 0.366 e. The lowest BCUT2D eigenvalue weighted by molar-refractivity contribution is 0.0996. The van der Waals surface area contributed by atoms with Crippen LogP contribution in [-0.4, -0.2) is 32.0 Å². The maximum Gasteiger partial charge on any atom is 0.365 e. The van der Waals surface area contributed by atoms with Crippen LogP contribution in [0.15, 0.2) is 47.3 Å². The number of nitrogens with one attached hydrogen (secondary N) is 2. The average molecular weight is 338 g/mol. The fourth-order valence-electron chi connectivity index (χ4n) is 2.25. The number of nitrogens with two attached hydrogens (primary N) is 1. The molecule has 0 atom stereocenters. The van der Waals surface area contributed by atoms with Gasteiger partial charge >= 0.3 is 5.69 Å². The zero-order valence-corrected chi connectivity index (χ0v) is 13.2. The Balaban J connectivity index is 1.90. The van der Waals surface area contributed by atoms with Gasteiger partial charge in [-0.05, 0) is 53.2 Å². The first-order valence-corrected chi connectivity index (χ1v) is 7.28. The number of amides is 2. The third kappa shape index (κ3) is 3.29. The number of rotatable bonds is 4. The van der Waals surface area contributed by atoms with E-state index < -0.39 is 17.5 Å². The van der Waals surface area contributed by atoms with Gasteiger partial charge < -0.3 is 11.1 Å². The fraction of sp³-hybridized carbons (Fsp3) is 0.0625. The summed E-state index contributed by atoms with van der Waals surface area (Å²) >= 11 is 0. The summed E-state index contributed by atoms with van der Waals surface area (Å²) < 4.78 is 1.04. The number of carbonyl (C=O) groups excluding carboxylic acids is 2. The van der Waals surface area contributed by atoms with Crippen molar-refractivity contribution in [3.63, 3.8) is 0 Å². The number of aromatic amines is 1. The number of benzene rings is 2. The first-order valence-electron chi connectivity index (χ1n) is 7.28. The molecule has 0 fully saturated rings. The molecule has 25 heavy (non-hydrogen) atoms. The molecule has 0 radical (unpaired) electrons. The molecule has 0 unspecified atom stereocenters. The first-order chi connectivity index (χ1) is 12.0. The van der Waals surface area contributed by atoms with Crippen LogP contribution in [0.3, 0.4) is 0 Å². The maximum absolute atomic E-state index is 12.5. The molecule has 0 aliphatic carbocycles. The van der Waals surface area contributed by atoms with Crippen molar-refractivity contribution in [2.45, 2.75) is 6.92 Å². The summed E-state index contributed by atoms with van der Waals surface area (Å²) in [6.07, 6.45) is 0. The number of carbonyl (C=O) groups is 2. The van der Waals surface area contributed by atoms with Gasteiger partial charge in [-0.2, -0.15) is 4.68 Å². The van der Waals surface area contributed by atoms with E-state index in [2.05, 4.69) is 20.8 Å². The molecule has 1 heterocycles. The zero-order valence-electron chi connectivity index (χ0n) is 13.2. The van der Waals surface area contributed by atoms with Crippen LogP contribution in [0, 0.1) is 6.92 Å². The predicted octanol–water partition coefficient (Wildman–Crippen LogP) is 0.615. The van der Waals surface area contributed by atoms with E-state index in [1.807, 2.05) is 0 Å². The van der Waals surface area contributed by atoms with Gasteiger partial charge in [0.1, 0.15) is 0 Å². The van der Waals surface area contributed by atoms with E-state index in [0.29, 0.717) is 22.5 Å². The van der Waals surface area contributed by atoms with Gasteiger partial charge in [0.05, 0.1) is 5.69 Å². The van der Waals surface area contributed by atoms with Crippen LogP contribution in [0.1, 0.15) is 26.3 Å². The number of hydrogen-bond donors (Lipinski definition) is 3. The molecule has 3 rings (SSSR count). The highest BCUT2D eigenvalue weighted by Gasteiger charge is 2.12. The Morgan fingerprint density at radius 1 is 1.16 bits per heavy atom. The Morgan fingerprint density at radius 2 is 1.96 bits per heavy atom. The van der Waals surface area contributed by atoms with Gasteiger partial charge in [-0.3, -0.25) is 9.59 Å². The van der Waals surface area contributed by atoms with Crippen molar-refractivity contribution < 1.29 is 9.59 Å². The number of primary amides is 1. The lowest BCUT2D eigenvalue weighted by Gasteiger charge is -2.10. The predicted molar refractivity (Wildman–Crippen MR) is 89.6 cm³/mol. The lowest BCUT2D eigenvalue weighted by Crippen LogP contribution is -2.18. The highest BCUT2D eigenvalue weighted by atomic mass is 16.2. The highest BCUT2D eigenvalue weighted by molar-refractivity contribution is 6.05. The molecule has 9 nitrogen and oxygen atoms in total. The van der Waals surface area contributed by atoms with E-state index >= 15 is 0 Å². The summed E-state index contributed by atoms with van der Waals surface area (Å²) in [5.41, 5.74) is 7.02. The molecule has 126 valence electrons. The molecule has 2 aromatic carbocycles.